The Morgan fingerprint density at radius 1 is 1.63 bits per heavy atom. The van der Waals surface area contributed by atoms with E-state index in [4.69, 9.17) is 21.1 Å². The van der Waals surface area contributed by atoms with E-state index in [0.29, 0.717) is 31.0 Å². The van der Waals surface area contributed by atoms with Gasteiger partial charge in [-0.1, -0.05) is 11.6 Å². The number of imidazole rings is 1. The lowest BCUT2D eigenvalue weighted by Gasteiger charge is -2.22. The van der Waals surface area contributed by atoms with Crippen LogP contribution in [0.1, 0.15) is 23.7 Å². The fourth-order valence-electron chi connectivity index (χ4n) is 2.50. The molecule has 0 saturated carbocycles. The monoisotopic (exact) mass is 280 g/mol. The van der Waals surface area contributed by atoms with Crippen molar-refractivity contribution >= 4 is 17.6 Å². The van der Waals surface area contributed by atoms with E-state index in [1.54, 1.807) is 6.26 Å². The summed E-state index contributed by atoms with van der Waals surface area (Å²) in [7, 11) is 0. The summed E-state index contributed by atoms with van der Waals surface area (Å²) in [6.45, 7) is 0.641. The van der Waals surface area contributed by atoms with Crippen LogP contribution < -0.4 is 0 Å². The highest BCUT2D eigenvalue weighted by Gasteiger charge is 2.28. The Balaban J connectivity index is 1.89. The van der Waals surface area contributed by atoms with Gasteiger partial charge in [0.1, 0.15) is 11.6 Å². The Bertz CT molecular complexity index is 604. The van der Waals surface area contributed by atoms with E-state index < -0.39 is 5.97 Å². The molecule has 1 unspecified atom stereocenters. The van der Waals surface area contributed by atoms with Crippen LogP contribution in [0.15, 0.2) is 22.8 Å². The molecule has 0 fully saturated rings. The number of fused-ring (bicyclic) bond motifs is 1. The SMILES string of the molecule is O=C(O)C1CCn2c(Cc3ccco3)nc(Cl)c2C1. The number of carbonyl (C=O) groups is 1. The molecule has 0 bridgehead atoms. The summed E-state index contributed by atoms with van der Waals surface area (Å²) >= 11 is 6.12. The molecule has 0 saturated heterocycles. The van der Waals surface area contributed by atoms with Gasteiger partial charge in [0.25, 0.3) is 0 Å². The first-order chi connectivity index (χ1) is 9.15. The smallest absolute Gasteiger partial charge is 0.306 e. The molecule has 0 aromatic carbocycles. The molecule has 19 heavy (non-hydrogen) atoms. The third-order valence-corrected chi connectivity index (χ3v) is 3.81. The molecule has 3 rings (SSSR count). The lowest BCUT2D eigenvalue weighted by molar-refractivity contribution is -0.142. The predicted molar refractivity (Wildman–Crippen MR) is 68.2 cm³/mol. The highest BCUT2D eigenvalue weighted by Crippen LogP contribution is 2.28. The number of halogens is 1. The number of aromatic nitrogens is 2. The van der Waals surface area contributed by atoms with E-state index in [-0.39, 0.29) is 5.92 Å². The minimum absolute atomic E-state index is 0.363. The van der Waals surface area contributed by atoms with Crippen LogP contribution in [-0.4, -0.2) is 20.6 Å². The van der Waals surface area contributed by atoms with Crippen molar-refractivity contribution < 1.29 is 14.3 Å². The molecular weight excluding hydrogens is 268 g/mol. The molecule has 0 aliphatic carbocycles. The van der Waals surface area contributed by atoms with E-state index in [0.717, 1.165) is 17.3 Å². The van der Waals surface area contributed by atoms with Gasteiger partial charge in [0.2, 0.25) is 0 Å². The zero-order chi connectivity index (χ0) is 13.4. The zero-order valence-electron chi connectivity index (χ0n) is 10.2. The summed E-state index contributed by atoms with van der Waals surface area (Å²) in [6.07, 6.45) is 3.25. The van der Waals surface area contributed by atoms with Gasteiger partial charge >= 0.3 is 5.97 Å². The topological polar surface area (TPSA) is 68.3 Å². The van der Waals surface area contributed by atoms with Gasteiger partial charge in [-0.2, -0.15) is 0 Å². The number of hydrogen-bond donors (Lipinski definition) is 1. The van der Waals surface area contributed by atoms with Crippen molar-refractivity contribution in [3.05, 3.63) is 40.8 Å². The normalized spacial score (nSPS) is 18.3. The van der Waals surface area contributed by atoms with Crippen LogP contribution in [-0.2, 0) is 24.2 Å². The fourth-order valence-corrected chi connectivity index (χ4v) is 2.78. The highest BCUT2D eigenvalue weighted by molar-refractivity contribution is 6.30. The van der Waals surface area contributed by atoms with Crippen molar-refractivity contribution in [1.82, 2.24) is 9.55 Å². The van der Waals surface area contributed by atoms with Crippen LogP contribution in [0.3, 0.4) is 0 Å². The maximum Gasteiger partial charge on any atom is 0.306 e. The van der Waals surface area contributed by atoms with Crippen LogP contribution in [0.4, 0.5) is 0 Å². The van der Waals surface area contributed by atoms with Crippen LogP contribution in [0.25, 0.3) is 0 Å². The molecule has 100 valence electrons. The van der Waals surface area contributed by atoms with Crippen LogP contribution in [0.2, 0.25) is 5.15 Å². The third-order valence-electron chi connectivity index (χ3n) is 3.51. The second kappa shape index (κ2) is 4.74. The Morgan fingerprint density at radius 3 is 3.16 bits per heavy atom. The predicted octanol–water partition coefficient (Wildman–Crippen LogP) is 2.37. The first-order valence-electron chi connectivity index (χ1n) is 6.14. The van der Waals surface area contributed by atoms with Crippen molar-refractivity contribution in [1.29, 1.82) is 0 Å². The van der Waals surface area contributed by atoms with Gasteiger partial charge in [0.05, 0.1) is 24.3 Å². The van der Waals surface area contributed by atoms with E-state index in [2.05, 4.69) is 4.98 Å². The van der Waals surface area contributed by atoms with E-state index in [1.165, 1.54) is 0 Å². The molecule has 5 nitrogen and oxygen atoms in total. The Morgan fingerprint density at radius 2 is 2.47 bits per heavy atom. The molecular formula is C13H13ClN2O3. The molecule has 2 aromatic heterocycles. The average molecular weight is 281 g/mol. The van der Waals surface area contributed by atoms with Gasteiger partial charge in [-0.25, -0.2) is 4.98 Å². The molecule has 0 amide bonds. The summed E-state index contributed by atoms with van der Waals surface area (Å²) in [5.41, 5.74) is 0.821. The molecule has 0 radical (unpaired) electrons. The molecule has 6 heteroatoms. The van der Waals surface area contributed by atoms with Crippen molar-refractivity contribution in [2.45, 2.75) is 25.8 Å². The second-order valence-corrected chi connectivity index (χ2v) is 5.06. The third kappa shape index (κ3) is 2.26. The standard InChI is InChI=1S/C13H13ClN2O3/c14-12-10-6-8(13(17)18)3-4-16(10)11(15-12)7-9-2-1-5-19-9/h1-2,5,8H,3-4,6-7H2,(H,17,18). The summed E-state index contributed by atoms with van der Waals surface area (Å²) in [6, 6.07) is 3.72. The molecule has 1 aliphatic rings. The van der Waals surface area contributed by atoms with Gasteiger partial charge in [0, 0.05) is 13.0 Å². The quantitative estimate of drug-likeness (QED) is 0.937. The number of nitrogens with zero attached hydrogens (tertiary/aromatic N) is 2. The van der Waals surface area contributed by atoms with Crippen molar-refractivity contribution in [3.8, 4) is 0 Å². The molecule has 1 N–H and O–H groups in total. The van der Waals surface area contributed by atoms with Crippen molar-refractivity contribution in [2.24, 2.45) is 5.92 Å². The van der Waals surface area contributed by atoms with Crippen molar-refractivity contribution in [2.75, 3.05) is 0 Å². The minimum atomic E-state index is -0.767. The number of rotatable bonds is 3. The van der Waals surface area contributed by atoms with Gasteiger partial charge in [0.15, 0.2) is 5.15 Å². The number of furan rings is 1. The van der Waals surface area contributed by atoms with E-state index in [9.17, 15) is 4.79 Å². The lowest BCUT2D eigenvalue weighted by atomic mass is 9.96. The van der Waals surface area contributed by atoms with E-state index >= 15 is 0 Å². The summed E-state index contributed by atoms with van der Waals surface area (Å²) < 4.78 is 7.32. The van der Waals surface area contributed by atoms with E-state index in [1.807, 2.05) is 16.7 Å². The maximum absolute atomic E-state index is 11.1. The molecule has 3 heterocycles. The van der Waals surface area contributed by atoms with Crippen LogP contribution in [0, 0.1) is 5.92 Å². The Hall–Kier alpha value is -1.75. The summed E-state index contributed by atoms with van der Waals surface area (Å²) in [5, 5.41) is 9.49. The van der Waals surface area contributed by atoms with Crippen LogP contribution >= 0.6 is 11.6 Å². The zero-order valence-corrected chi connectivity index (χ0v) is 10.9. The first-order valence-corrected chi connectivity index (χ1v) is 6.52. The highest BCUT2D eigenvalue weighted by atomic mass is 35.5. The van der Waals surface area contributed by atoms with Gasteiger partial charge in [-0.15, -0.1) is 0 Å². The van der Waals surface area contributed by atoms with Gasteiger partial charge < -0.3 is 14.1 Å². The second-order valence-electron chi connectivity index (χ2n) is 4.70. The number of carboxylic acid groups (broad SMARTS) is 1. The average Bonchev–Trinajstić information content (AvgIpc) is 2.99. The first kappa shape index (κ1) is 12.3. The maximum atomic E-state index is 11.1. The van der Waals surface area contributed by atoms with Gasteiger partial charge in [-0.3, -0.25) is 4.79 Å². The number of hydrogen-bond acceptors (Lipinski definition) is 3. The molecule has 1 atom stereocenters. The summed E-state index contributed by atoms with van der Waals surface area (Å²) in [4.78, 5) is 15.4. The molecule has 1 aliphatic heterocycles. The Labute approximate surface area is 114 Å². The number of carboxylic acids is 1. The van der Waals surface area contributed by atoms with Gasteiger partial charge in [-0.05, 0) is 18.6 Å². The Kier molecular flexibility index (Phi) is 3.06. The van der Waals surface area contributed by atoms with Crippen LogP contribution in [0.5, 0.6) is 0 Å². The lowest BCUT2D eigenvalue weighted by Crippen LogP contribution is -2.26. The van der Waals surface area contributed by atoms with Crippen molar-refractivity contribution in [3.63, 3.8) is 0 Å². The summed E-state index contributed by atoms with van der Waals surface area (Å²) in [5.74, 6) is 0.526. The minimum Gasteiger partial charge on any atom is -0.481 e. The number of aliphatic carboxylic acids is 1. The largest absolute Gasteiger partial charge is 0.481 e. The molecule has 2 aromatic rings. The molecule has 0 spiro atoms. The fraction of sp³-hybridized carbons (Fsp3) is 0.385.